The molecule has 0 bridgehead atoms. The molecule has 40 heavy (non-hydrogen) atoms. The van der Waals surface area contributed by atoms with E-state index in [1.54, 1.807) is 0 Å². The lowest BCUT2D eigenvalue weighted by atomic mass is 10.00. The van der Waals surface area contributed by atoms with Crippen LogP contribution in [-0.2, 0) is 14.3 Å². The maximum absolute atomic E-state index is 11.6. The largest absolute Gasteiger partial charge is 0.455 e. The third kappa shape index (κ3) is 15.7. The van der Waals surface area contributed by atoms with E-state index < -0.39 is 6.10 Å². The maximum atomic E-state index is 11.6. The first-order chi connectivity index (χ1) is 19.5. The van der Waals surface area contributed by atoms with E-state index in [-0.39, 0.29) is 30.4 Å². The van der Waals surface area contributed by atoms with Gasteiger partial charge in [-0.25, -0.2) is 4.79 Å². The molecule has 0 aromatic carbocycles. The highest BCUT2D eigenvalue weighted by Gasteiger charge is 2.34. The summed E-state index contributed by atoms with van der Waals surface area (Å²) in [5.74, 6) is -0.168. The molecule has 1 fully saturated rings. The average Bonchev–Trinajstić information content (AvgIpc) is 3.56. The van der Waals surface area contributed by atoms with Crippen LogP contribution in [0.15, 0.2) is 23.8 Å². The molecule has 1 saturated heterocycles. The number of rotatable bonds is 25. The van der Waals surface area contributed by atoms with Gasteiger partial charge in [0.05, 0.1) is 24.4 Å². The Labute approximate surface area is 246 Å². The number of esters is 1. The van der Waals surface area contributed by atoms with Gasteiger partial charge in [0.15, 0.2) is 0 Å². The topological polar surface area (TPSA) is 76.0 Å². The molecule has 2 aliphatic heterocycles. The van der Waals surface area contributed by atoms with Gasteiger partial charge >= 0.3 is 5.97 Å². The van der Waals surface area contributed by atoms with Gasteiger partial charge in [-0.1, -0.05) is 122 Å². The second-order valence-corrected chi connectivity index (χ2v) is 12.4. The van der Waals surface area contributed by atoms with Crippen molar-refractivity contribution in [3.8, 4) is 0 Å². The van der Waals surface area contributed by atoms with Crippen molar-refractivity contribution in [3.05, 3.63) is 23.8 Å². The summed E-state index contributed by atoms with van der Waals surface area (Å²) in [5, 5.41) is 21.2. The monoisotopic (exact) mass is 562 g/mol. The lowest BCUT2D eigenvalue weighted by Crippen LogP contribution is -2.31. The number of hydrogen-bond acceptors (Lipinski definition) is 5. The van der Waals surface area contributed by atoms with Gasteiger partial charge in [0, 0.05) is 5.57 Å². The van der Waals surface area contributed by atoms with Gasteiger partial charge < -0.3 is 19.7 Å². The van der Waals surface area contributed by atoms with Gasteiger partial charge in [-0.3, -0.25) is 0 Å². The molecule has 0 aromatic rings. The molecule has 2 heterocycles. The zero-order valence-electron chi connectivity index (χ0n) is 26.0. The van der Waals surface area contributed by atoms with Gasteiger partial charge in [-0.2, -0.15) is 0 Å². The lowest BCUT2D eigenvalue weighted by Gasteiger charge is -2.22. The minimum atomic E-state index is -0.397. The first-order valence-electron chi connectivity index (χ1n) is 17.1. The van der Waals surface area contributed by atoms with E-state index in [1.807, 2.05) is 13.0 Å². The highest BCUT2D eigenvalue weighted by Crippen LogP contribution is 2.28. The molecule has 2 aliphatic rings. The summed E-state index contributed by atoms with van der Waals surface area (Å²) in [6.07, 6.45) is 31.8. The second-order valence-electron chi connectivity index (χ2n) is 12.4. The summed E-state index contributed by atoms with van der Waals surface area (Å²) in [6, 6.07) is 0. The minimum Gasteiger partial charge on any atom is -0.455 e. The number of carbonyl (C=O) groups excluding carboxylic acids is 1. The standard InChI is InChI=1S/C35H62O5/c1-3-4-5-6-7-8-12-15-18-21-24-31(36)33-26-27-34(40-33)32(37)25-22-19-16-13-10-9-11-14-17-20-23-30-28-29(2)39-35(30)38/h17,20,28-29,31-34,36-37H,3-16,18-19,21-27H2,1-2H3/b20-17+/t29-,31+,32-,33+,34-/m1/s1. The number of cyclic esters (lactones) is 1. The SMILES string of the molecule is CCCCCCCCCCCC[C@H](O)[C@@H]1CC[C@H]([C@H](O)CCCCCCCCC/C=C/CC2=C[C@@H](C)OC2=O)O1. The quantitative estimate of drug-likeness (QED) is 0.0660. The van der Waals surface area contributed by atoms with Gasteiger partial charge in [0.2, 0.25) is 0 Å². The molecule has 2 N–H and O–H groups in total. The van der Waals surface area contributed by atoms with E-state index >= 15 is 0 Å². The lowest BCUT2D eigenvalue weighted by molar-refractivity contribution is -0.139. The molecule has 0 saturated carbocycles. The molecular formula is C35H62O5. The molecule has 232 valence electrons. The van der Waals surface area contributed by atoms with E-state index in [0.29, 0.717) is 6.42 Å². The van der Waals surface area contributed by atoms with Crippen LogP contribution in [0.25, 0.3) is 0 Å². The molecule has 0 spiro atoms. The Kier molecular flexibility index (Phi) is 19.6. The van der Waals surface area contributed by atoms with Crippen molar-refractivity contribution in [2.24, 2.45) is 0 Å². The summed E-state index contributed by atoms with van der Waals surface area (Å²) in [4.78, 5) is 11.6. The first-order valence-corrected chi connectivity index (χ1v) is 17.1. The molecule has 0 aliphatic carbocycles. The van der Waals surface area contributed by atoms with Crippen molar-refractivity contribution in [2.45, 2.75) is 192 Å². The molecule has 5 nitrogen and oxygen atoms in total. The van der Waals surface area contributed by atoms with Crippen LogP contribution >= 0.6 is 0 Å². The summed E-state index contributed by atoms with van der Waals surface area (Å²) in [7, 11) is 0. The van der Waals surface area contributed by atoms with Crippen molar-refractivity contribution in [2.75, 3.05) is 0 Å². The molecule has 0 amide bonds. The van der Waals surface area contributed by atoms with Crippen molar-refractivity contribution in [3.63, 3.8) is 0 Å². The van der Waals surface area contributed by atoms with Crippen LogP contribution in [0.2, 0.25) is 0 Å². The van der Waals surface area contributed by atoms with E-state index in [2.05, 4.69) is 19.1 Å². The van der Waals surface area contributed by atoms with Crippen LogP contribution in [0.5, 0.6) is 0 Å². The number of ether oxygens (including phenoxy) is 2. The van der Waals surface area contributed by atoms with Crippen LogP contribution in [0.1, 0.15) is 162 Å². The van der Waals surface area contributed by atoms with Crippen LogP contribution in [0.3, 0.4) is 0 Å². The predicted octanol–water partition coefficient (Wildman–Crippen LogP) is 8.90. The number of unbranched alkanes of at least 4 members (excludes halogenated alkanes) is 16. The third-order valence-corrected chi connectivity index (χ3v) is 8.66. The zero-order valence-corrected chi connectivity index (χ0v) is 26.0. The Morgan fingerprint density at radius 2 is 1.23 bits per heavy atom. The fourth-order valence-electron chi connectivity index (χ4n) is 6.08. The minimum absolute atomic E-state index is 0.0782. The molecule has 0 unspecified atom stereocenters. The Morgan fingerprint density at radius 3 is 1.70 bits per heavy atom. The van der Waals surface area contributed by atoms with Gasteiger partial charge in [-0.05, 0) is 57.9 Å². The average molecular weight is 563 g/mol. The summed E-state index contributed by atoms with van der Waals surface area (Å²) in [5.41, 5.74) is 0.783. The number of hydrogen-bond donors (Lipinski definition) is 2. The molecule has 5 heteroatoms. The Hall–Kier alpha value is -1.17. The molecule has 5 atom stereocenters. The highest BCUT2D eigenvalue weighted by molar-refractivity contribution is 5.91. The maximum Gasteiger partial charge on any atom is 0.334 e. The third-order valence-electron chi connectivity index (χ3n) is 8.66. The van der Waals surface area contributed by atoms with Crippen LogP contribution in [0, 0.1) is 0 Å². The Bertz CT molecular complexity index is 702. The summed E-state index contributed by atoms with van der Waals surface area (Å²) in [6.45, 7) is 4.16. The fourth-order valence-corrected chi connectivity index (χ4v) is 6.08. The molecule has 2 rings (SSSR count). The Morgan fingerprint density at radius 1 is 0.750 bits per heavy atom. The van der Waals surface area contributed by atoms with E-state index in [9.17, 15) is 15.0 Å². The second kappa shape index (κ2) is 22.4. The van der Waals surface area contributed by atoms with Crippen molar-refractivity contribution < 1.29 is 24.5 Å². The first kappa shape index (κ1) is 35.0. The van der Waals surface area contributed by atoms with E-state index in [1.165, 1.54) is 89.9 Å². The molecule has 0 aromatic heterocycles. The van der Waals surface area contributed by atoms with Crippen LogP contribution in [0.4, 0.5) is 0 Å². The highest BCUT2D eigenvalue weighted by atomic mass is 16.5. The van der Waals surface area contributed by atoms with Gasteiger partial charge in [0.25, 0.3) is 0 Å². The molecule has 0 radical (unpaired) electrons. The number of allylic oxidation sites excluding steroid dienone is 2. The van der Waals surface area contributed by atoms with Gasteiger partial charge in [0.1, 0.15) is 6.10 Å². The van der Waals surface area contributed by atoms with Crippen molar-refractivity contribution in [1.82, 2.24) is 0 Å². The van der Waals surface area contributed by atoms with E-state index in [4.69, 9.17) is 9.47 Å². The number of aliphatic hydroxyl groups is 2. The van der Waals surface area contributed by atoms with Crippen LogP contribution in [-0.4, -0.2) is 46.7 Å². The smallest absolute Gasteiger partial charge is 0.334 e. The molecular weight excluding hydrogens is 500 g/mol. The van der Waals surface area contributed by atoms with E-state index in [0.717, 1.165) is 56.9 Å². The zero-order chi connectivity index (χ0) is 28.8. The Balaban J connectivity index is 1.37. The fraction of sp³-hybridized carbons (Fsp3) is 0.857. The summed E-state index contributed by atoms with van der Waals surface area (Å²) >= 11 is 0. The number of carbonyl (C=O) groups is 1. The summed E-state index contributed by atoms with van der Waals surface area (Å²) < 4.78 is 11.2. The van der Waals surface area contributed by atoms with Crippen molar-refractivity contribution in [1.29, 1.82) is 0 Å². The van der Waals surface area contributed by atoms with Crippen LogP contribution < -0.4 is 0 Å². The number of aliphatic hydroxyl groups excluding tert-OH is 2. The predicted molar refractivity (Wildman–Crippen MR) is 165 cm³/mol. The normalized spacial score (nSPS) is 22.6. The van der Waals surface area contributed by atoms with Gasteiger partial charge in [-0.15, -0.1) is 0 Å². The van der Waals surface area contributed by atoms with Crippen molar-refractivity contribution >= 4 is 5.97 Å².